The van der Waals surface area contributed by atoms with E-state index in [-0.39, 0.29) is 28.4 Å². The van der Waals surface area contributed by atoms with Crippen molar-refractivity contribution in [1.29, 1.82) is 0 Å². The zero-order valence-corrected chi connectivity index (χ0v) is 33.8. The van der Waals surface area contributed by atoms with E-state index in [1.165, 1.54) is 98.1 Å². The van der Waals surface area contributed by atoms with Crippen LogP contribution in [0.2, 0.25) is 0 Å². The van der Waals surface area contributed by atoms with Gasteiger partial charge in [0.2, 0.25) is 0 Å². The van der Waals surface area contributed by atoms with E-state index in [1.54, 1.807) is 0 Å². The number of hydrogen-bond acceptors (Lipinski definition) is 2. The van der Waals surface area contributed by atoms with Gasteiger partial charge in [0.05, 0.1) is 0 Å². The Kier molecular flexibility index (Phi) is 7.65. The van der Waals surface area contributed by atoms with Gasteiger partial charge < -0.3 is 9.64 Å². The summed E-state index contributed by atoms with van der Waals surface area (Å²) in [6.45, 7) is 31.1. The first-order valence-electron chi connectivity index (χ1n) is 19.9. The maximum atomic E-state index is 7.30. The molecule has 2 heterocycles. The number of benzene rings is 4. The zero-order valence-electron chi connectivity index (χ0n) is 33.8. The van der Waals surface area contributed by atoms with Crippen molar-refractivity contribution in [2.24, 2.45) is 0 Å². The van der Waals surface area contributed by atoms with Crippen LogP contribution in [0.3, 0.4) is 0 Å². The lowest BCUT2D eigenvalue weighted by molar-refractivity contribution is 0.332. The summed E-state index contributed by atoms with van der Waals surface area (Å²) in [5.41, 5.74) is 18.2. The molecule has 0 fully saturated rings. The highest BCUT2D eigenvalue weighted by Crippen LogP contribution is 2.52. The Morgan fingerprint density at radius 1 is 0.765 bits per heavy atom. The van der Waals surface area contributed by atoms with Gasteiger partial charge in [0.15, 0.2) is 0 Å². The first kappa shape index (κ1) is 34.6. The first-order valence-corrected chi connectivity index (χ1v) is 19.9. The standard InChI is InChI=1S/C48H60BNO/c1-14-30-16-15-29(3)34-17-18-37-44(42(30)34)51-41-22-28(2)21-40-43(41)49(37)38-26-35-36(48(12,13)20-19-47(35,10)11)27-39(38)50(40)33-24-31(45(4,5)6)23-32(25-33)46(7,8)9/h17-18,21-27,29-30H,14-16,19-20H2,1-13H3. The number of rotatable bonds is 2. The predicted octanol–water partition coefficient (Wildman–Crippen LogP) is 11.7. The molecule has 8 rings (SSSR count). The van der Waals surface area contributed by atoms with Crippen molar-refractivity contribution >= 4 is 40.2 Å². The van der Waals surface area contributed by atoms with Gasteiger partial charge in [0.25, 0.3) is 6.71 Å². The van der Waals surface area contributed by atoms with Gasteiger partial charge in [0.1, 0.15) is 11.5 Å². The van der Waals surface area contributed by atoms with Crippen molar-refractivity contribution in [2.45, 2.75) is 156 Å². The molecule has 266 valence electrons. The molecule has 0 radical (unpaired) electrons. The van der Waals surface area contributed by atoms with Gasteiger partial charge in [-0.2, -0.15) is 0 Å². The fraction of sp³-hybridized carbons (Fsp3) is 0.500. The lowest BCUT2D eigenvalue weighted by atomic mass is 9.33. The molecule has 2 unspecified atom stereocenters. The summed E-state index contributed by atoms with van der Waals surface area (Å²) < 4.78 is 7.30. The van der Waals surface area contributed by atoms with Crippen molar-refractivity contribution < 1.29 is 4.74 Å². The molecule has 4 aliphatic rings. The highest BCUT2D eigenvalue weighted by Gasteiger charge is 2.47. The third kappa shape index (κ3) is 5.34. The molecular formula is C48H60BNO. The lowest BCUT2D eigenvalue weighted by Gasteiger charge is -2.46. The van der Waals surface area contributed by atoms with Crippen LogP contribution in [-0.2, 0) is 21.7 Å². The van der Waals surface area contributed by atoms with E-state index in [2.05, 4.69) is 150 Å². The van der Waals surface area contributed by atoms with Gasteiger partial charge in [-0.3, -0.25) is 0 Å². The molecule has 0 aromatic heterocycles. The minimum atomic E-state index is 0.0131. The summed E-state index contributed by atoms with van der Waals surface area (Å²) in [4.78, 5) is 2.63. The second-order valence-corrected chi connectivity index (χ2v) is 20.1. The van der Waals surface area contributed by atoms with Crippen molar-refractivity contribution in [1.82, 2.24) is 0 Å². The second-order valence-electron chi connectivity index (χ2n) is 20.1. The second kappa shape index (κ2) is 11.3. The number of ether oxygens (including phenoxy) is 1. The Morgan fingerprint density at radius 3 is 2.00 bits per heavy atom. The van der Waals surface area contributed by atoms with Crippen molar-refractivity contribution in [3.63, 3.8) is 0 Å². The molecule has 0 saturated carbocycles. The minimum Gasteiger partial charge on any atom is -0.458 e. The van der Waals surface area contributed by atoms with Crippen LogP contribution in [0.5, 0.6) is 11.5 Å². The Hall–Kier alpha value is -3.46. The molecule has 2 aliphatic carbocycles. The fourth-order valence-electron chi connectivity index (χ4n) is 9.94. The summed E-state index contributed by atoms with van der Waals surface area (Å²) in [6, 6.07) is 22.4. The fourth-order valence-corrected chi connectivity index (χ4v) is 9.94. The maximum Gasteiger partial charge on any atom is 0.256 e. The van der Waals surface area contributed by atoms with E-state index in [0.29, 0.717) is 11.8 Å². The first-order chi connectivity index (χ1) is 23.8. The van der Waals surface area contributed by atoms with Gasteiger partial charge in [-0.1, -0.05) is 107 Å². The number of anilines is 3. The molecule has 2 aliphatic heterocycles. The Labute approximate surface area is 309 Å². The molecule has 0 bridgehead atoms. The third-order valence-corrected chi connectivity index (χ3v) is 13.4. The molecule has 4 aromatic rings. The van der Waals surface area contributed by atoms with E-state index in [0.717, 1.165) is 17.9 Å². The molecule has 0 spiro atoms. The Morgan fingerprint density at radius 2 is 1.39 bits per heavy atom. The van der Waals surface area contributed by atoms with Gasteiger partial charge in [-0.05, 0) is 153 Å². The Bertz CT molecular complexity index is 2050. The predicted molar refractivity (Wildman–Crippen MR) is 220 cm³/mol. The van der Waals surface area contributed by atoms with E-state index in [4.69, 9.17) is 4.74 Å². The van der Waals surface area contributed by atoms with Crippen LogP contribution in [-0.4, -0.2) is 6.71 Å². The van der Waals surface area contributed by atoms with Crippen LogP contribution in [0.25, 0.3) is 0 Å². The molecule has 2 nitrogen and oxygen atoms in total. The quantitative estimate of drug-likeness (QED) is 0.169. The molecule has 4 aromatic carbocycles. The van der Waals surface area contributed by atoms with E-state index in [1.807, 2.05) is 0 Å². The summed E-state index contributed by atoms with van der Waals surface area (Å²) in [6.07, 6.45) is 6.04. The normalized spacial score (nSPS) is 21.2. The van der Waals surface area contributed by atoms with E-state index in [9.17, 15) is 0 Å². The zero-order chi connectivity index (χ0) is 36.6. The van der Waals surface area contributed by atoms with Crippen LogP contribution in [0, 0.1) is 6.92 Å². The average molecular weight is 678 g/mol. The molecule has 0 saturated heterocycles. The molecule has 3 heteroatoms. The molecular weight excluding hydrogens is 617 g/mol. The van der Waals surface area contributed by atoms with Gasteiger partial charge >= 0.3 is 0 Å². The minimum absolute atomic E-state index is 0.0131. The molecule has 0 N–H and O–H groups in total. The monoisotopic (exact) mass is 677 g/mol. The van der Waals surface area contributed by atoms with Gasteiger partial charge in [0, 0.05) is 22.6 Å². The number of hydrogen-bond donors (Lipinski definition) is 0. The summed E-state index contributed by atoms with van der Waals surface area (Å²) in [7, 11) is 0. The van der Waals surface area contributed by atoms with Crippen molar-refractivity contribution in [3.05, 3.63) is 93.5 Å². The smallest absolute Gasteiger partial charge is 0.256 e. The van der Waals surface area contributed by atoms with Gasteiger partial charge in [-0.25, -0.2) is 0 Å². The topological polar surface area (TPSA) is 12.5 Å². The number of aryl methyl sites for hydroxylation is 1. The summed E-state index contributed by atoms with van der Waals surface area (Å²) >= 11 is 0. The average Bonchev–Trinajstić information content (AvgIpc) is 3.05. The third-order valence-electron chi connectivity index (χ3n) is 13.4. The lowest BCUT2D eigenvalue weighted by Crippen LogP contribution is -2.60. The van der Waals surface area contributed by atoms with Crippen molar-refractivity contribution in [2.75, 3.05) is 4.90 Å². The summed E-state index contributed by atoms with van der Waals surface area (Å²) in [5.74, 6) is 3.29. The highest BCUT2D eigenvalue weighted by atomic mass is 16.5. The largest absolute Gasteiger partial charge is 0.458 e. The molecule has 0 amide bonds. The van der Waals surface area contributed by atoms with E-state index >= 15 is 0 Å². The van der Waals surface area contributed by atoms with Crippen molar-refractivity contribution in [3.8, 4) is 11.5 Å². The van der Waals surface area contributed by atoms with Crippen LogP contribution >= 0.6 is 0 Å². The maximum absolute atomic E-state index is 7.30. The number of nitrogens with zero attached hydrogens (tertiary/aromatic N) is 1. The Balaban J connectivity index is 1.49. The van der Waals surface area contributed by atoms with Crippen LogP contribution in [0.1, 0.15) is 166 Å². The molecule has 51 heavy (non-hydrogen) atoms. The summed E-state index contributed by atoms with van der Waals surface area (Å²) in [5, 5.41) is 0. The highest BCUT2D eigenvalue weighted by molar-refractivity contribution is 6.99. The van der Waals surface area contributed by atoms with Crippen LogP contribution < -0.4 is 26.0 Å². The van der Waals surface area contributed by atoms with Crippen LogP contribution in [0.15, 0.2) is 54.6 Å². The van der Waals surface area contributed by atoms with Crippen LogP contribution in [0.4, 0.5) is 17.1 Å². The SMILES string of the molecule is CCC1CCC(C)c2ccc3c(c21)Oc1cc(C)cc2c1B3c1cc3c(cc1N2c1cc(C(C)(C)C)cc(C(C)(C)C)c1)C(C)(C)CCC3(C)C. The van der Waals surface area contributed by atoms with Gasteiger partial charge in [-0.15, -0.1) is 0 Å². The van der Waals surface area contributed by atoms with E-state index < -0.39 is 0 Å². The number of fused-ring (bicyclic) bond motifs is 7. The molecule has 2 atom stereocenters.